The monoisotopic (exact) mass is 580 g/mol. The van der Waals surface area contributed by atoms with Crippen LogP contribution >= 0.6 is 7.82 Å². The van der Waals surface area contributed by atoms with Crippen LogP contribution in [0.4, 0.5) is 0 Å². The number of hydrogen-bond acceptors (Lipinski definition) is 6. The van der Waals surface area contributed by atoms with Gasteiger partial charge in [0.15, 0.2) is 6.10 Å². The molecule has 226 valence electrons. The van der Waals surface area contributed by atoms with Crippen molar-refractivity contribution in [3.8, 4) is 0 Å². The summed E-state index contributed by atoms with van der Waals surface area (Å²) in [5.41, 5.74) is 0. The third-order valence-electron chi connectivity index (χ3n) is 5.31. The zero-order valence-corrected chi connectivity index (χ0v) is 25.1. The van der Waals surface area contributed by atoms with Crippen LogP contribution in [-0.4, -0.2) is 41.0 Å². The molecule has 9 heteroatoms. The van der Waals surface area contributed by atoms with E-state index in [0.29, 0.717) is 12.8 Å². The van der Waals surface area contributed by atoms with Crippen molar-refractivity contribution in [1.29, 1.82) is 0 Å². The molecule has 0 aromatic rings. The fourth-order valence-electron chi connectivity index (χ4n) is 3.25. The van der Waals surface area contributed by atoms with Gasteiger partial charge in [0.1, 0.15) is 6.61 Å². The molecule has 1 unspecified atom stereocenters. The van der Waals surface area contributed by atoms with E-state index in [9.17, 15) is 14.2 Å². The molecule has 0 aliphatic rings. The lowest BCUT2D eigenvalue weighted by molar-refractivity contribution is -0.160. The summed E-state index contributed by atoms with van der Waals surface area (Å²) in [5, 5.41) is 0. The Kier molecular flexibility index (Phi) is 25.0. The number of allylic oxidation sites excluding steroid dienone is 11. The van der Waals surface area contributed by atoms with Crippen LogP contribution in [0, 0.1) is 0 Å². The average Bonchev–Trinajstić information content (AvgIpc) is 2.91. The van der Waals surface area contributed by atoms with Gasteiger partial charge in [-0.05, 0) is 44.9 Å². The Bertz CT molecular complexity index is 880. The van der Waals surface area contributed by atoms with Gasteiger partial charge >= 0.3 is 19.8 Å². The number of carbonyl (C=O) groups excluding carboxylic acids is 2. The molecule has 0 saturated heterocycles. The molecule has 0 aromatic carbocycles. The highest BCUT2D eigenvalue weighted by atomic mass is 31.2. The maximum Gasteiger partial charge on any atom is 0.469 e. The molecule has 0 heterocycles. The molecule has 0 spiro atoms. The molecule has 0 amide bonds. The molecule has 0 saturated carbocycles. The SMILES string of the molecule is CC/C=C/C=C/C=C/CCCCCCCC(=O)OC(COC(=O)C/C=C/C/C=C/C/C=C/CC)COP(=O)(O)O. The first-order valence-corrected chi connectivity index (χ1v) is 15.8. The zero-order valence-electron chi connectivity index (χ0n) is 24.2. The first-order chi connectivity index (χ1) is 19.3. The Morgan fingerprint density at radius 2 is 1.30 bits per heavy atom. The normalized spacial score (nSPS) is 13.6. The molecule has 0 bridgehead atoms. The van der Waals surface area contributed by atoms with Crippen LogP contribution in [0.2, 0.25) is 0 Å². The Morgan fingerprint density at radius 3 is 1.98 bits per heavy atom. The number of unbranched alkanes of at least 4 members (excludes halogenated alkanes) is 5. The minimum Gasteiger partial charge on any atom is -0.461 e. The molecule has 0 aromatic heterocycles. The molecule has 2 N–H and O–H groups in total. The van der Waals surface area contributed by atoms with Crippen LogP contribution in [0.25, 0.3) is 0 Å². The standard InChI is InChI=1S/C31H49O8P/c1-3-5-7-9-11-13-14-15-16-18-20-22-24-26-31(33)39-29(28-38-40(34,35)36)27-37-30(32)25-23-21-19-17-12-10-8-6-4-2/h5-9,11-14,17,21,23,29H,3-4,10,15-16,18-20,22,24-28H2,1-2H3,(H2,34,35,36)/b7-5+,8-6+,11-9+,14-13+,17-12+,23-21+. The molecular formula is C31H49O8P. The largest absolute Gasteiger partial charge is 0.469 e. The Hall–Kier alpha value is -2.51. The van der Waals surface area contributed by atoms with Gasteiger partial charge in [-0.15, -0.1) is 0 Å². The molecule has 40 heavy (non-hydrogen) atoms. The second-order valence-corrected chi connectivity index (χ2v) is 10.3. The van der Waals surface area contributed by atoms with Crippen molar-refractivity contribution in [1.82, 2.24) is 0 Å². The highest BCUT2D eigenvalue weighted by Crippen LogP contribution is 2.35. The first kappa shape index (κ1) is 37.5. The van der Waals surface area contributed by atoms with E-state index in [1.165, 1.54) is 0 Å². The van der Waals surface area contributed by atoms with E-state index >= 15 is 0 Å². The van der Waals surface area contributed by atoms with Crippen molar-refractivity contribution < 1.29 is 37.9 Å². The third kappa shape index (κ3) is 28.5. The van der Waals surface area contributed by atoms with E-state index in [2.05, 4.69) is 42.7 Å². The van der Waals surface area contributed by atoms with E-state index in [1.807, 2.05) is 42.5 Å². The van der Waals surface area contributed by atoms with Crippen LogP contribution in [-0.2, 0) is 28.2 Å². The number of phosphoric acid groups is 1. The Balaban J connectivity index is 4.25. The van der Waals surface area contributed by atoms with E-state index in [4.69, 9.17) is 19.3 Å². The van der Waals surface area contributed by atoms with Crippen molar-refractivity contribution in [2.75, 3.05) is 13.2 Å². The van der Waals surface area contributed by atoms with Crippen LogP contribution in [0.5, 0.6) is 0 Å². The number of phosphoric ester groups is 1. The summed E-state index contributed by atoms with van der Waals surface area (Å²) in [6.07, 6.45) is 32.5. The summed E-state index contributed by atoms with van der Waals surface area (Å²) in [6, 6.07) is 0. The number of carbonyl (C=O) groups is 2. The van der Waals surface area contributed by atoms with Crippen molar-refractivity contribution in [2.24, 2.45) is 0 Å². The Labute approximate surface area is 240 Å². The number of ether oxygens (including phenoxy) is 2. The molecule has 0 aliphatic carbocycles. The minimum absolute atomic E-state index is 0.0341. The van der Waals surface area contributed by atoms with Crippen molar-refractivity contribution >= 4 is 19.8 Å². The van der Waals surface area contributed by atoms with Gasteiger partial charge in [0, 0.05) is 6.42 Å². The molecule has 1 atom stereocenters. The quantitative estimate of drug-likeness (QED) is 0.0394. The van der Waals surface area contributed by atoms with Gasteiger partial charge in [-0.3, -0.25) is 14.1 Å². The maximum atomic E-state index is 12.2. The number of rotatable bonds is 24. The molecule has 0 aliphatic heterocycles. The van der Waals surface area contributed by atoms with Gasteiger partial charge < -0.3 is 19.3 Å². The molecular weight excluding hydrogens is 531 g/mol. The predicted molar refractivity (Wildman–Crippen MR) is 160 cm³/mol. The predicted octanol–water partition coefficient (Wildman–Crippen LogP) is 7.61. The average molecular weight is 581 g/mol. The number of esters is 2. The van der Waals surface area contributed by atoms with E-state index < -0.39 is 32.5 Å². The summed E-state index contributed by atoms with van der Waals surface area (Å²) in [5.74, 6) is -1.06. The second-order valence-electron chi connectivity index (χ2n) is 9.04. The summed E-state index contributed by atoms with van der Waals surface area (Å²) in [7, 11) is -4.76. The fraction of sp³-hybridized carbons (Fsp3) is 0.548. The lowest BCUT2D eigenvalue weighted by atomic mass is 10.1. The van der Waals surface area contributed by atoms with Gasteiger partial charge in [-0.2, -0.15) is 0 Å². The van der Waals surface area contributed by atoms with Gasteiger partial charge in [0.25, 0.3) is 0 Å². The van der Waals surface area contributed by atoms with Gasteiger partial charge in [0.2, 0.25) is 0 Å². The van der Waals surface area contributed by atoms with Crippen LogP contribution in [0.3, 0.4) is 0 Å². The molecule has 8 nitrogen and oxygen atoms in total. The topological polar surface area (TPSA) is 119 Å². The highest BCUT2D eigenvalue weighted by Gasteiger charge is 2.22. The van der Waals surface area contributed by atoms with Crippen LogP contribution in [0.1, 0.15) is 90.9 Å². The van der Waals surface area contributed by atoms with Crippen molar-refractivity contribution in [3.05, 3.63) is 72.9 Å². The van der Waals surface area contributed by atoms with Crippen molar-refractivity contribution in [3.63, 3.8) is 0 Å². The van der Waals surface area contributed by atoms with E-state index in [1.54, 1.807) is 6.08 Å². The maximum absolute atomic E-state index is 12.2. The van der Waals surface area contributed by atoms with E-state index in [-0.39, 0.29) is 19.4 Å². The van der Waals surface area contributed by atoms with Gasteiger partial charge in [-0.1, -0.05) is 106 Å². The highest BCUT2D eigenvalue weighted by molar-refractivity contribution is 7.46. The van der Waals surface area contributed by atoms with Gasteiger partial charge in [0.05, 0.1) is 13.0 Å². The van der Waals surface area contributed by atoms with Gasteiger partial charge in [-0.25, -0.2) is 4.57 Å². The molecule has 0 radical (unpaired) electrons. The molecule has 0 rings (SSSR count). The van der Waals surface area contributed by atoms with E-state index in [0.717, 1.165) is 51.4 Å². The summed E-state index contributed by atoms with van der Waals surface area (Å²) >= 11 is 0. The second kappa shape index (κ2) is 26.7. The summed E-state index contributed by atoms with van der Waals surface area (Å²) < 4.78 is 25.9. The molecule has 0 fully saturated rings. The van der Waals surface area contributed by atoms with Crippen LogP contribution < -0.4 is 0 Å². The lowest BCUT2D eigenvalue weighted by Gasteiger charge is -2.18. The first-order valence-electron chi connectivity index (χ1n) is 14.3. The summed E-state index contributed by atoms with van der Waals surface area (Å²) in [6.45, 7) is 3.25. The lowest BCUT2D eigenvalue weighted by Crippen LogP contribution is -2.29. The zero-order chi connectivity index (χ0) is 29.7. The minimum atomic E-state index is -4.76. The summed E-state index contributed by atoms with van der Waals surface area (Å²) in [4.78, 5) is 42.2. The van der Waals surface area contributed by atoms with Crippen molar-refractivity contribution in [2.45, 2.75) is 97.0 Å². The smallest absolute Gasteiger partial charge is 0.461 e. The fourth-order valence-corrected chi connectivity index (χ4v) is 3.61. The Morgan fingerprint density at radius 1 is 0.700 bits per heavy atom. The third-order valence-corrected chi connectivity index (χ3v) is 5.80. The van der Waals surface area contributed by atoms with Crippen LogP contribution in [0.15, 0.2) is 72.9 Å². The number of hydrogen-bond donors (Lipinski definition) is 2.